The molecule has 0 saturated heterocycles. The van der Waals surface area contributed by atoms with Crippen LogP contribution in [0.2, 0.25) is 0 Å². The van der Waals surface area contributed by atoms with E-state index in [4.69, 9.17) is 0 Å². The van der Waals surface area contributed by atoms with Gasteiger partial charge in [-0.25, -0.2) is 0 Å². The summed E-state index contributed by atoms with van der Waals surface area (Å²) in [6, 6.07) is 3.08. The number of aromatic nitrogens is 4. The zero-order valence-electron chi connectivity index (χ0n) is 12.9. The van der Waals surface area contributed by atoms with Crippen molar-refractivity contribution in [2.45, 2.75) is 26.1 Å². The van der Waals surface area contributed by atoms with Crippen molar-refractivity contribution in [2.24, 2.45) is 0 Å². The molecule has 1 N–H and O–H groups in total. The summed E-state index contributed by atoms with van der Waals surface area (Å²) in [4.78, 5) is 30.7. The lowest BCUT2D eigenvalue weighted by Crippen LogP contribution is -2.39. The van der Waals surface area contributed by atoms with Crippen LogP contribution in [0.15, 0.2) is 28.5 Å². The molecule has 0 spiro atoms. The zero-order chi connectivity index (χ0) is 16.8. The highest BCUT2D eigenvalue weighted by Gasteiger charge is 2.25. The van der Waals surface area contributed by atoms with E-state index < -0.39 is 11.7 Å². The summed E-state index contributed by atoms with van der Waals surface area (Å²) < 4.78 is 3.45. The summed E-state index contributed by atoms with van der Waals surface area (Å²) in [6.07, 6.45) is 1.09. The van der Waals surface area contributed by atoms with Gasteiger partial charge in [-0.2, -0.15) is 10.1 Å². The molecule has 3 aromatic heterocycles. The second kappa shape index (κ2) is 5.53. The van der Waals surface area contributed by atoms with Gasteiger partial charge in [-0.15, -0.1) is 11.3 Å². The summed E-state index contributed by atoms with van der Waals surface area (Å²) in [5, 5.41) is 15.8. The van der Waals surface area contributed by atoms with Crippen molar-refractivity contribution in [1.82, 2.24) is 24.1 Å². The summed E-state index contributed by atoms with van der Waals surface area (Å²) in [7, 11) is 0. The van der Waals surface area contributed by atoms with Gasteiger partial charge in [0.2, 0.25) is 0 Å². The normalized spacial score (nSPS) is 15.5. The fourth-order valence-electron chi connectivity index (χ4n) is 2.84. The van der Waals surface area contributed by atoms with E-state index >= 15 is 0 Å². The monoisotopic (exact) mass is 345 g/mol. The van der Waals surface area contributed by atoms with Crippen LogP contribution >= 0.6 is 11.3 Å². The molecule has 0 bridgehead atoms. The van der Waals surface area contributed by atoms with Crippen LogP contribution in [0.5, 0.6) is 0 Å². The van der Waals surface area contributed by atoms with E-state index in [1.54, 1.807) is 27.8 Å². The molecule has 0 aromatic carbocycles. The van der Waals surface area contributed by atoms with Gasteiger partial charge >= 0.3 is 0 Å². The quantitative estimate of drug-likeness (QED) is 0.737. The van der Waals surface area contributed by atoms with E-state index in [1.165, 1.54) is 17.4 Å². The van der Waals surface area contributed by atoms with Crippen LogP contribution < -0.4 is 5.56 Å². The molecule has 1 aliphatic heterocycles. The van der Waals surface area contributed by atoms with Crippen LogP contribution in [0.4, 0.5) is 0 Å². The van der Waals surface area contributed by atoms with E-state index in [9.17, 15) is 14.7 Å². The number of hydrogen-bond donors (Lipinski definition) is 1. The smallest absolute Gasteiger partial charge is 0.274 e. The number of carbonyl (C=O) groups is 1. The molecule has 1 aliphatic rings. The first-order valence-corrected chi connectivity index (χ1v) is 8.42. The molecule has 1 atom stereocenters. The van der Waals surface area contributed by atoms with Crippen molar-refractivity contribution in [2.75, 3.05) is 6.54 Å². The SMILES string of the molecule is C[C@H](O)c1cc2n(n1)CCN(C(=O)c1cc(=O)nc3sccn13)C2. The minimum Gasteiger partial charge on any atom is -0.387 e. The van der Waals surface area contributed by atoms with Crippen LogP contribution in [0.1, 0.15) is 34.9 Å². The second-order valence-corrected chi connectivity index (χ2v) is 6.59. The Morgan fingerprint density at radius 1 is 1.38 bits per heavy atom. The first kappa shape index (κ1) is 15.0. The number of rotatable bonds is 2. The minimum atomic E-state index is -0.642. The lowest BCUT2D eigenvalue weighted by molar-refractivity contribution is 0.0698. The molecule has 1 amide bonds. The minimum absolute atomic E-state index is 0.214. The van der Waals surface area contributed by atoms with Gasteiger partial charge in [-0.05, 0) is 13.0 Å². The average molecular weight is 345 g/mol. The van der Waals surface area contributed by atoms with Crippen molar-refractivity contribution in [1.29, 1.82) is 0 Å². The van der Waals surface area contributed by atoms with Crippen LogP contribution in [-0.4, -0.2) is 41.6 Å². The lowest BCUT2D eigenvalue weighted by Gasteiger charge is -2.27. The second-order valence-electron chi connectivity index (χ2n) is 5.72. The van der Waals surface area contributed by atoms with Crippen molar-refractivity contribution < 1.29 is 9.90 Å². The third-order valence-electron chi connectivity index (χ3n) is 4.07. The number of aliphatic hydroxyl groups excluding tert-OH is 1. The van der Waals surface area contributed by atoms with E-state index in [0.717, 1.165) is 5.69 Å². The topological polar surface area (TPSA) is 92.7 Å². The van der Waals surface area contributed by atoms with Crippen molar-refractivity contribution in [3.05, 3.63) is 51.1 Å². The first-order chi connectivity index (χ1) is 11.5. The van der Waals surface area contributed by atoms with Gasteiger partial charge in [-0.1, -0.05) is 0 Å². The largest absolute Gasteiger partial charge is 0.387 e. The third-order valence-corrected chi connectivity index (χ3v) is 4.82. The van der Waals surface area contributed by atoms with E-state index in [1.807, 2.05) is 10.7 Å². The Labute approximate surface area is 140 Å². The van der Waals surface area contributed by atoms with Crippen molar-refractivity contribution in [3.63, 3.8) is 0 Å². The Hall–Kier alpha value is -2.52. The Balaban J connectivity index is 1.67. The van der Waals surface area contributed by atoms with Gasteiger partial charge in [0.05, 0.1) is 30.6 Å². The zero-order valence-corrected chi connectivity index (χ0v) is 13.7. The molecule has 24 heavy (non-hydrogen) atoms. The predicted octanol–water partition coefficient (Wildman–Crippen LogP) is 0.662. The molecule has 0 radical (unpaired) electrons. The molecule has 4 heterocycles. The predicted molar refractivity (Wildman–Crippen MR) is 86.9 cm³/mol. The number of thiazole rings is 1. The summed E-state index contributed by atoms with van der Waals surface area (Å²) >= 11 is 1.31. The molecule has 9 heteroatoms. The third kappa shape index (κ3) is 2.42. The van der Waals surface area contributed by atoms with E-state index in [2.05, 4.69) is 10.1 Å². The lowest BCUT2D eigenvalue weighted by atomic mass is 10.2. The van der Waals surface area contributed by atoms with Gasteiger partial charge in [0.25, 0.3) is 11.5 Å². The molecule has 0 unspecified atom stereocenters. The first-order valence-electron chi connectivity index (χ1n) is 7.54. The highest BCUT2D eigenvalue weighted by Crippen LogP contribution is 2.20. The van der Waals surface area contributed by atoms with Crippen LogP contribution in [0, 0.1) is 0 Å². The molecule has 4 rings (SSSR count). The van der Waals surface area contributed by atoms with Gasteiger partial charge in [0.1, 0.15) is 5.69 Å². The van der Waals surface area contributed by atoms with Crippen LogP contribution in [0.25, 0.3) is 4.96 Å². The summed E-state index contributed by atoms with van der Waals surface area (Å²) in [6.45, 7) is 3.10. The molecule has 124 valence electrons. The number of nitrogens with zero attached hydrogens (tertiary/aromatic N) is 5. The fourth-order valence-corrected chi connectivity index (χ4v) is 3.56. The van der Waals surface area contributed by atoms with Gasteiger partial charge in [-0.3, -0.25) is 18.7 Å². The number of hydrogen-bond acceptors (Lipinski definition) is 6. The van der Waals surface area contributed by atoms with Crippen molar-refractivity contribution >= 4 is 22.2 Å². The van der Waals surface area contributed by atoms with Crippen LogP contribution in [0.3, 0.4) is 0 Å². The highest BCUT2D eigenvalue weighted by molar-refractivity contribution is 7.15. The molecular formula is C15H15N5O3S. The van der Waals surface area contributed by atoms with Gasteiger partial charge in [0, 0.05) is 24.2 Å². The molecule has 0 fully saturated rings. The number of carbonyl (C=O) groups excluding carboxylic acids is 1. The van der Waals surface area contributed by atoms with E-state index in [0.29, 0.717) is 36.0 Å². The Bertz CT molecular complexity index is 987. The van der Waals surface area contributed by atoms with Gasteiger partial charge in [0.15, 0.2) is 4.96 Å². The maximum absolute atomic E-state index is 12.9. The average Bonchev–Trinajstić information content (AvgIpc) is 3.18. The molecule has 3 aromatic rings. The van der Waals surface area contributed by atoms with E-state index in [-0.39, 0.29) is 5.91 Å². The summed E-state index contributed by atoms with van der Waals surface area (Å²) in [5.74, 6) is -0.214. The molecule has 0 saturated carbocycles. The standard InChI is InChI=1S/C15H15N5O3S/c1-9(21)11-6-10-8-18(2-3-20(10)17-11)14(23)12-7-13(22)16-15-19(12)4-5-24-15/h4-7,9,21H,2-3,8H2,1H3/t9-/m0/s1. The number of amides is 1. The Kier molecular flexibility index (Phi) is 3.47. The summed E-state index contributed by atoms with van der Waals surface area (Å²) in [5.41, 5.74) is 1.36. The van der Waals surface area contributed by atoms with Gasteiger partial charge < -0.3 is 10.0 Å². The number of fused-ring (bicyclic) bond motifs is 2. The van der Waals surface area contributed by atoms with Crippen molar-refractivity contribution in [3.8, 4) is 0 Å². The Morgan fingerprint density at radius 3 is 3.00 bits per heavy atom. The van der Waals surface area contributed by atoms with Crippen LogP contribution in [-0.2, 0) is 13.1 Å². The fraction of sp³-hybridized carbons (Fsp3) is 0.333. The maximum atomic E-state index is 12.9. The number of aliphatic hydroxyl groups is 1. The molecular weight excluding hydrogens is 330 g/mol. The maximum Gasteiger partial charge on any atom is 0.274 e. The Morgan fingerprint density at radius 2 is 2.21 bits per heavy atom. The highest BCUT2D eigenvalue weighted by atomic mass is 32.1. The molecule has 0 aliphatic carbocycles. The molecule has 8 nitrogen and oxygen atoms in total.